The fourth-order valence-electron chi connectivity index (χ4n) is 2.31. The van der Waals surface area contributed by atoms with Gasteiger partial charge < -0.3 is 17.1 Å². The molecule has 0 aliphatic carbocycles. The van der Waals surface area contributed by atoms with E-state index in [-0.39, 0.29) is 57.2 Å². The normalized spacial score (nSPS) is 14.2. The first-order chi connectivity index (χ1) is 12.4. The summed E-state index contributed by atoms with van der Waals surface area (Å²) in [7, 11) is -1.71. The maximum Gasteiger partial charge on any atom is 1.00 e. The van der Waals surface area contributed by atoms with E-state index in [0.29, 0.717) is 20.2 Å². The predicted molar refractivity (Wildman–Crippen MR) is 160 cm³/mol. The summed E-state index contributed by atoms with van der Waals surface area (Å²) in [5.74, 6) is 0. The molecule has 184 valence electrons. The molecule has 9 heteroatoms. The molecule has 0 unspecified atom stereocenters. The van der Waals surface area contributed by atoms with Gasteiger partial charge in [-0.05, 0) is 0 Å². The van der Waals surface area contributed by atoms with Gasteiger partial charge in [0.05, 0.1) is 0 Å². The molecular formula is C24H60Li2Si6Zn. The van der Waals surface area contributed by atoms with Crippen molar-refractivity contribution in [2.24, 2.45) is 0 Å². The maximum atomic E-state index is 2.59. The quantitative estimate of drug-likeness (QED) is 0.437. The maximum absolute atomic E-state index is 2.59. The molecule has 0 fully saturated rings. The van der Waals surface area contributed by atoms with Crippen molar-refractivity contribution in [3.63, 3.8) is 0 Å². The Morgan fingerprint density at radius 1 is 0.333 bits per heavy atom. The standard InChI is InChI=1S/2C12H30Si3.2Li.Zn/c2*1-11(2,3)14(7,8)13-15(9,10)12(4,5)6;;;/h2*1-10H3;;;/q2*-1;2*+1;. The van der Waals surface area contributed by atoms with Crippen molar-refractivity contribution in [1.29, 1.82) is 0 Å². The van der Waals surface area contributed by atoms with Crippen LogP contribution in [0, 0.1) is 0 Å². The number of rotatable bonds is 4. The molecule has 0 bridgehead atoms. The SMILES string of the molecule is CC(C)(C)[Si](C)(C)[Si-][Si](C)(C)C(C)(C)C.CC(C)(C)[Si](C)(C)[Si-][Si](C)(C)C(C)(C)C.[Li+].[Li+].[Zn]. The van der Waals surface area contributed by atoms with Gasteiger partial charge in [0.1, 0.15) is 0 Å². The summed E-state index contributed by atoms with van der Waals surface area (Å²) >= 11 is 0. The molecular weight excluding hydrogens is 536 g/mol. The van der Waals surface area contributed by atoms with Crippen molar-refractivity contribution in [3.8, 4) is 0 Å². The molecule has 0 aliphatic rings. The second-order valence-corrected chi connectivity index (χ2v) is 56.2. The van der Waals surface area contributed by atoms with Crippen molar-refractivity contribution < 1.29 is 57.2 Å². The molecule has 0 aromatic heterocycles. The van der Waals surface area contributed by atoms with Crippen LogP contribution in [-0.4, -0.2) is 47.5 Å². The summed E-state index contributed by atoms with van der Waals surface area (Å²) < 4.78 is 0. The van der Waals surface area contributed by atoms with E-state index in [0.717, 1.165) is 0 Å². The molecule has 0 aliphatic heterocycles. The summed E-state index contributed by atoms with van der Waals surface area (Å²) in [5.41, 5.74) is 0. The van der Waals surface area contributed by atoms with Gasteiger partial charge >= 0.3 is 37.7 Å². The Bertz CT molecular complexity index is 451. The Kier molecular flexibility index (Phi) is 20.2. The minimum atomic E-state index is -1.06. The van der Waals surface area contributed by atoms with E-state index in [4.69, 9.17) is 0 Å². The molecule has 0 amide bonds. The third-order valence-corrected chi connectivity index (χ3v) is 65.2. The van der Waals surface area contributed by atoms with E-state index in [1.54, 1.807) is 0 Å². The minimum absolute atomic E-state index is 0. The molecule has 0 N–H and O–H groups in total. The van der Waals surface area contributed by atoms with Crippen molar-refractivity contribution in [3.05, 3.63) is 0 Å². The topological polar surface area (TPSA) is 0 Å². The molecule has 0 spiro atoms. The van der Waals surface area contributed by atoms with E-state index >= 15 is 0 Å². The number of hydrogen-bond donors (Lipinski definition) is 0. The van der Waals surface area contributed by atoms with Crippen LogP contribution >= 0.6 is 0 Å². The molecule has 33 heavy (non-hydrogen) atoms. The van der Waals surface area contributed by atoms with Crippen LogP contribution in [0.15, 0.2) is 0 Å². The zero-order valence-corrected chi connectivity index (χ0v) is 36.7. The second kappa shape index (κ2) is 14.5. The summed E-state index contributed by atoms with van der Waals surface area (Å²) in [6.07, 6.45) is 0. The molecule has 0 saturated heterocycles. The van der Waals surface area contributed by atoms with Crippen molar-refractivity contribution in [2.75, 3.05) is 0 Å². The minimum Gasteiger partial charge on any atom is -0.424 e. The fraction of sp³-hybridized carbons (Fsp3) is 1.00. The van der Waals surface area contributed by atoms with E-state index in [1.807, 2.05) is 0 Å². The summed E-state index contributed by atoms with van der Waals surface area (Å²) in [4.78, 5) is 0. The van der Waals surface area contributed by atoms with Crippen LogP contribution < -0.4 is 37.7 Å². The van der Waals surface area contributed by atoms with Crippen LogP contribution in [0.2, 0.25) is 72.5 Å². The summed E-state index contributed by atoms with van der Waals surface area (Å²) in [6, 6.07) is 0. The largest absolute Gasteiger partial charge is 1.00 e. The van der Waals surface area contributed by atoms with Crippen LogP contribution in [-0.2, 0) is 19.5 Å². The summed E-state index contributed by atoms with van der Waals surface area (Å²) in [6.45, 7) is 50.0. The molecule has 0 aromatic rings. The van der Waals surface area contributed by atoms with Crippen molar-refractivity contribution >= 4 is 47.5 Å². The average molecular weight is 597 g/mol. The Balaban J connectivity index is -0.000000145. The van der Waals surface area contributed by atoms with Crippen molar-refractivity contribution in [1.82, 2.24) is 0 Å². The van der Waals surface area contributed by atoms with E-state index < -0.39 is 30.4 Å². The van der Waals surface area contributed by atoms with Gasteiger partial charge in [0.15, 0.2) is 0 Å². The van der Waals surface area contributed by atoms with E-state index in [2.05, 4.69) is 135 Å². The summed E-state index contributed by atoms with van der Waals surface area (Å²) in [5, 5.41) is 2.23. The molecule has 0 saturated carbocycles. The Morgan fingerprint density at radius 3 is 0.485 bits per heavy atom. The Labute approximate surface area is 257 Å². The smallest absolute Gasteiger partial charge is 0.424 e. The third kappa shape index (κ3) is 14.7. The van der Waals surface area contributed by atoms with Crippen LogP contribution in [0.4, 0.5) is 0 Å². The monoisotopic (exact) mass is 594 g/mol. The molecule has 0 rings (SSSR count). The third-order valence-electron chi connectivity index (χ3n) is 8.75. The van der Waals surface area contributed by atoms with Crippen molar-refractivity contribution in [2.45, 2.75) is 156 Å². The molecule has 0 aromatic carbocycles. The molecule has 0 heterocycles. The van der Waals surface area contributed by atoms with Gasteiger partial charge in [-0.2, -0.15) is 0 Å². The van der Waals surface area contributed by atoms with Crippen LogP contribution in [0.5, 0.6) is 0 Å². The first-order valence-electron chi connectivity index (χ1n) is 12.0. The first kappa shape index (κ1) is 46.0. The van der Waals surface area contributed by atoms with Gasteiger partial charge in [0, 0.05) is 19.5 Å². The van der Waals surface area contributed by atoms with Gasteiger partial charge in [-0.25, -0.2) is 0 Å². The molecule has 0 atom stereocenters. The van der Waals surface area contributed by atoms with Gasteiger partial charge in [0.25, 0.3) is 0 Å². The Hall–Kier alpha value is 3.12. The molecule has 2 radical (unpaired) electrons. The Morgan fingerprint density at radius 2 is 0.424 bits per heavy atom. The van der Waals surface area contributed by atoms with Gasteiger partial charge in [-0.1, -0.05) is 156 Å². The van der Waals surface area contributed by atoms with Gasteiger partial charge in [0.2, 0.25) is 0 Å². The fourth-order valence-corrected chi connectivity index (χ4v) is 62.4. The van der Waals surface area contributed by atoms with E-state index in [9.17, 15) is 0 Å². The van der Waals surface area contributed by atoms with Gasteiger partial charge in [-0.15, -0.1) is 30.4 Å². The second-order valence-electron chi connectivity index (χ2n) is 15.8. The average Bonchev–Trinajstić information content (AvgIpc) is 2.30. The zero-order chi connectivity index (χ0) is 25.4. The predicted octanol–water partition coefficient (Wildman–Crippen LogP) is 3.41. The molecule has 0 nitrogen and oxygen atoms in total. The zero-order valence-electron chi connectivity index (χ0n) is 27.7. The van der Waals surface area contributed by atoms with Crippen LogP contribution in [0.1, 0.15) is 83.1 Å². The van der Waals surface area contributed by atoms with E-state index in [1.165, 1.54) is 17.1 Å². The van der Waals surface area contributed by atoms with Crippen LogP contribution in [0.25, 0.3) is 0 Å². The van der Waals surface area contributed by atoms with Gasteiger partial charge in [-0.3, -0.25) is 0 Å². The number of hydrogen-bond acceptors (Lipinski definition) is 0. The first-order valence-corrected chi connectivity index (χ1v) is 30.0. The van der Waals surface area contributed by atoms with Crippen LogP contribution in [0.3, 0.4) is 0 Å².